The topological polar surface area (TPSA) is 0 Å². The smallest absolute Gasteiger partial charge is 0.0225 e. The molecule has 0 amide bonds. The first-order valence-corrected chi connectivity index (χ1v) is 10.7. The monoisotopic (exact) mass is 562 g/mol. The van der Waals surface area contributed by atoms with Crippen LogP contribution in [0.25, 0.3) is 7.16 Å². The Morgan fingerprint density at radius 1 is 0.654 bits per heavy atom. The Labute approximate surface area is 183 Å². The van der Waals surface area contributed by atoms with Gasteiger partial charge in [-0.25, -0.2) is 0 Å². The summed E-state index contributed by atoms with van der Waals surface area (Å²) >= 11 is 4.89. The zero-order valence-corrected chi connectivity index (χ0v) is 18.9. The van der Waals surface area contributed by atoms with E-state index in [0.29, 0.717) is 0 Å². The third kappa shape index (κ3) is 5.30. The van der Waals surface area contributed by atoms with Crippen LogP contribution < -0.4 is 0 Å². The Morgan fingerprint density at radius 3 is 1.50 bits per heavy atom. The summed E-state index contributed by atoms with van der Waals surface area (Å²) < 4.78 is 2.53. The second-order valence-corrected chi connectivity index (χ2v) is 8.52. The molecule has 3 aromatic carbocycles. The minimum atomic E-state index is 0.231. The van der Waals surface area contributed by atoms with E-state index in [9.17, 15) is 0 Å². The fourth-order valence-corrected chi connectivity index (χ4v) is 4.23. The van der Waals surface area contributed by atoms with Crippen molar-refractivity contribution in [2.75, 3.05) is 0 Å². The van der Waals surface area contributed by atoms with Crippen molar-refractivity contribution in [1.29, 1.82) is 0 Å². The molecule has 0 radical (unpaired) electrons. The van der Waals surface area contributed by atoms with Gasteiger partial charge in [-0.15, -0.1) is 0 Å². The highest BCUT2D eigenvalue weighted by Crippen LogP contribution is 2.33. The Bertz CT molecular complexity index is 836. The van der Waals surface area contributed by atoms with E-state index in [1.165, 1.54) is 29.4 Å². The van der Waals surface area contributed by atoms with Gasteiger partial charge < -0.3 is 0 Å². The van der Waals surface area contributed by atoms with Crippen molar-refractivity contribution in [2.24, 2.45) is 0 Å². The van der Waals surface area contributed by atoms with E-state index in [1.807, 2.05) is 0 Å². The van der Waals surface area contributed by atoms with Gasteiger partial charge in [-0.05, 0) is 68.8 Å². The van der Waals surface area contributed by atoms with Gasteiger partial charge >= 0.3 is 0 Å². The van der Waals surface area contributed by atoms with E-state index in [1.54, 1.807) is 0 Å². The normalized spacial score (nSPS) is 12.5. The summed E-state index contributed by atoms with van der Waals surface area (Å²) in [6, 6.07) is 30.0. The Hall–Kier alpha value is -1.40. The van der Waals surface area contributed by atoms with Gasteiger partial charge in [0.05, 0.1) is 0 Å². The summed E-state index contributed by atoms with van der Waals surface area (Å²) in [6.07, 6.45) is 4.70. The molecule has 130 valence electrons. The number of hydrogen-bond acceptors (Lipinski definition) is 0. The van der Waals surface area contributed by atoms with E-state index in [-0.39, 0.29) is 5.92 Å². The fourth-order valence-electron chi connectivity index (χ4n) is 2.73. The Morgan fingerprint density at radius 2 is 1.08 bits per heavy atom. The predicted octanol–water partition coefficient (Wildman–Crippen LogP) is 8.03. The molecule has 0 heterocycles. The molecule has 0 N–H and O–H groups in total. The molecule has 3 aromatic rings. The number of rotatable bonds is 5. The van der Waals surface area contributed by atoms with Crippen LogP contribution in [0.4, 0.5) is 0 Å². The minimum absolute atomic E-state index is 0.231. The lowest BCUT2D eigenvalue weighted by molar-refractivity contribution is 1.09. The van der Waals surface area contributed by atoms with Crippen LogP contribution in [-0.2, 0) is 0 Å². The summed E-state index contributed by atoms with van der Waals surface area (Å²) in [5, 5.41) is 0. The van der Waals surface area contributed by atoms with Crippen LogP contribution in [0.1, 0.15) is 28.2 Å². The van der Waals surface area contributed by atoms with Crippen LogP contribution in [0, 0.1) is 6.92 Å². The highest BCUT2D eigenvalue weighted by atomic mass is 127. The third-order valence-electron chi connectivity index (χ3n) is 4.21. The molecule has 0 aromatic heterocycles. The van der Waals surface area contributed by atoms with E-state index >= 15 is 0 Å². The lowest BCUT2D eigenvalue weighted by atomic mass is 9.95. The quantitative estimate of drug-likeness (QED) is 0.277. The van der Waals surface area contributed by atoms with E-state index in [2.05, 4.69) is 149 Å². The number of halogens is 2. The van der Waals surface area contributed by atoms with Gasteiger partial charge in [0.2, 0.25) is 0 Å². The van der Waals surface area contributed by atoms with Crippen molar-refractivity contribution >= 4 is 52.3 Å². The van der Waals surface area contributed by atoms with Crippen molar-refractivity contribution < 1.29 is 0 Å². The molecule has 0 spiro atoms. The van der Waals surface area contributed by atoms with Gasteiger partial charge in [0.25, 0.3) is 0 Å². The molecule has 0 saturated heterocycles. The maximum Gasteiger partial charge on any atom is 0.0225 e. The summed E-state index contributed by atoms with van der Waals surface area (Å²) in [6.45, 7) is 2.13. The van der Waals surface area contributed by atoms with E-state index < -0.39 is 0 Å². The molecular formula is C24H20I2. The second-order valence-electron chi connectivity index (χ2n) is 6.20. The van der Waals surface area contributed by atoms with Crippen LogP contribution in [-0.4, -0.2) is 0 Å². The van der Waals surface area contributed by atoms with Crippen molar-refractivity contribution in [3.63, 3.8) is 0 Å². The molecule has 0 bridgehead atoms. The van der Waals surface area contributed by atoms with Gasteiger partial charge in [-0.3, -0.25) is 0 Å². The van der Waals surface area contributed by atoms with Crippen LogP contribution in [0.5, 0.6) is 0 Å². The summed E-state index contributed by atoms with van der Waals surface area (Å²) in [4.78, 5) is 0. The van der Waals surface area contributed by atoms with Gasteiger partial charge in [0.1, 0.15) is 0 Å². The molecule has 0 nitrogen and oxygen atoms in total. The van der Waals surface area contributed by atoms with E-state index in [0.717, 1.165) is 0 Å². The molecule has 0 atom stereocenters. The van der Waals surface area contributed by atoms with Crippen molar-refractivity contribution in [2.45, 2.75) is 12.8 Å². The van der Waals surface area contributed by atoms with Gasteiger partial charge in [0, 0.05) is 13.1 Å². The van der Waals surface area contributed by atoms with Gasteiger partial charge in [0.15, 0.2) is 0 Å². The van der Waals surface area contributed by atoms with Crippen LogP contribution >= 0.6 is 45.2 Å². The highest BCUT2D eigenvalue weighted by Gasteiger charge is 2.10. The first-order chi connectivity index (χ1) is 12.6. The first kappa shape index (κ1) is 19.4. The molecule has 26 heavy (non-hydrogen) atoms. The fraction of sp³-hybridized carbons (Fsp3) is 0.0833. The average molecular weight is 562 g/mol. The third-order valence-corrected chi connectivity index (χ3v) is 6.18. The molecule has 0 aliphatic carbocycles. The molecule has 2 heteroatoms. The minimum Gasteiger partial charge on any atom is -0.0622 e. The van der Waals surface area contributed by atoms with Crippen LogP contribution in [0.3, 0.4) is 0 Å². The zero-order chi connectivity index (χ0) is 18.4. The molecule has 0 fully saturated rings. The van der Waals surface area contributed by atoms with Crippen LogP contribution in [0.2, 0.25) is 0 Å². The first-order valence-electron chi connectivity index (χ1n) is 8.55. The number of allylic oxidation sites excluding steroid dienone is 2. The molecule has 0 aliphatic rings. The second kappa shape index (κ2) is 9.51. The Balaban J connectivity index is 2.01. The van der Waals surface area contributed by atoms with E-state index in [4.69, 9.17) is 0 Å². The lowest BCUT2D eigenvalue weighted by Gasteiger charge is -2.13. The number of hydrogen-bond donors (Lipinski definition) is 0. The highest BCUT2D eigenvalue weighted by molar-refractivity contribution is 14.1. The Kier molecular flexibility index (Phi) is 7.08. The average Bonchev–Trinajstić information content (AvgIpc) is 2.69. The van der Waals surface area contributed by atoms with Gasteiger partial charge in [-0.1, -0.05) is 103 Å². The maximum atomic E-state index is 2.45. The summed E-state index contributed by atoms with van der Waals surface area (Å²) in [5.74, 6) is 0.231. The molecule has 3 rings (SSSR count). The zero-order valence-electron chi connectivity index (χ0n) is 14.6. The number of benzene rings is 3. The predicted molar refractivity (Wildman–Crippen MR) is 131 cm³/mol. The van der Waals surface area contributed by atoms with Crippen molar-refractivity contribution in [1.82, 2.24) is 0 Å². The summed E-state index contributed by atoms with van der Waals surface area (Å²) in [5.41, 5.74) is 5.11. The number of aryl methyl sites for hydroxylation is 1. The molecule has 0 unspecified atom stereocenters. The molecule has 0 saturated carbocycles. The standard InChI is InChI=1S/C24H20I2/c1-18-12-14-19(15-13-18)22(16-23(25)20-8-4-2-5-9-20)17-24(26)21-10-6-3-7-11-21/h2-17,22H,1H3/b23-16-,24-17-. The van der Waals surface area contributed by atoms with Crippen molar-refractivity contribution in [3.8, 4) is 0 Å². The largest absolute Gasteiger partial charge is 0.0622 e. The SMILES string of the molecule is Cc1ccc(C(/C=C(\I)c2ccccc2)/C=C(\I)c2ccccc2)cc1. The van der Waals surface area contributed by atoms with Crippen molar-refractivity contribution in [3.05, 3.63) is 119 Å². The maximum absolute atomic E-state index is 2.45. The van der Waals surface area contributed by atoms with Gasteiger partial charge in [-0.2, -0.15) is 0 Å². The molecular weight excluding hydrogens is 542 g/mol. The summed E-state index contributed by atoms with van der Waals surface area (Å²) in [7, 11) is 0. The lowest BCUT2D eigenvalue weighted by Crippen LogP contribution is -1.94. The van der Waals surface area contributed by atoms with Crippen LogP contribution in [0.15, 0.2) is 97.1 Å². The molecule has 0 aliphatic heterocycles.